The lowest BCUT2D eigenvalue weighted by Crippen LogP contribution is -2.51. The highest BCUT2D eigenvalue weighted by atomic mass is 16.4. The van der Waals surface area contributed by atoms with Crippen molar-refractivity contribution in [2.24, 2.45) is 5.41 Å². The number of hydrogen-bond donors (Lipinski definition) is 3. The third-order valence-electron chi connectivity index (χ3n) is 5.08. The van der Waals surface area contributed by atoms with Crippen molar-refractivity contribution in [2.75, 3.05) is 13.1 Å². The summed E-state index contributed by atoms with van der Waals surface area (Å²) in [6, 6.07) is 2.26. The predicted octanol–water partition coefficient (Wildman–Crippen LogP) is 1.73. The number of fused-ring (bicyclic) bond motifs is 1. The summed E-state index contributed by atoms with van der Waals surface area (Å²) in [7, 11) is 0. The van der Waals surface area contributed by atoms with E-state index in [9.17, 15) is 4.79 Å². The van der Waals surface area contributed by atoms with Gasteiger partial charge in [-0.3, -0.25) is 4.79 Å². The molecule has 2 fully saturated rings. The number of carbonyl (C=O) groups is 1. The predicted molar refractivity (Wildman–Crippen MR) is 79.0 cm³/mol. The van der Waals surface area contributed by atoms with E-state index >= 15 is 0 Å². The van der Waals surface area contributed by atoms with Gasteiger partial charge >= 0.3 is 0 Å². The van der Waals surface area contributed by atoms with E-state index in [1.54, 1.807) is 6.07 Å². The Morgan fingerprint density at radius 3 is 3.10 bits per heavy atom. The quantitative estimate of drug-likeness (QED) is 0.790. The molecular formula is C16H24N2O3. The van der Waals surface area contributed by atoms with E-state index in [1.807, 2.05) is 6.92 Å². The van der Waals surface area contributed by atoms with Crippen LogP contribution in [0.5, 0.6) is 0 Å². The fourth-order valence-electron chi connectivity index (χ4n) is 3.96. The van der Waals surface area contributed by atoms with Gasteiger partial charge in [0.05, 0.1) is 0 Å². The molecule has 0 bridgehead atoms. The van der Waals surface area contributed by atoms with Crippen molar-refractivity contribution in [2.45, 2.75) is 51.7 Å². The fourth-order valence-corrected chi connectivity index (χ4v) is 3.96. The van der Waals surface area contributed by atoms with Gasteiger partial charge in [0.1, 0.15) is 12.4 Å². The molecule has 3 N–H and O–H groups in total. The molecule has 5 heteroatoms. The number of aliphatic hydroxyl groups excluding tert-OH is 1. The molecule has 1 saturated carbocycles. The average Bonchev–Trinajstić information content (AvgIpc) is 3.08. The molecule has 2 unspecified atom stereocenters. The van der Waals surface area contributed by atoms with Gasteiger partial charge in [0.2, 0.25) is 0 Å². The Hall–Kier alpha value is -1.33. The number of amides is 1. The van der Waals surface area contributed by atoms with Crippen LogP contribution in [0.3, 0.4) is 0 Å². The highest BCUT2D eigenvalue weighted by Crippen LogP contribution is 2.43. The SMILES string of the molecule is Cc1cc(CO)oc1C(=O)NCC12CCCNC1CCC2. The molecule has 1 amide bonds. The van der Waals surface area contributed by atoms with Crippen molar-refractivity contribution in [3.63, 3.8) is 0 Å². The van der Waals surface area contributed by atoms with Crippen LogP contribution < -0.4 is 10.6 Å². The van der Waals surface area contributed by atoms with Crippen molar-refractivity contribution in [1.82, 2.24) is 10.6 Å². The highest BCUT2D eigenvalue weighted by Gasteiger charge is 2.44. The molecule has 3 rings (SSSR count). The van der Waals surface area contributed by atoms with Crippen molar-refractivity contribution in [1.29, 1.82) is 0 Å². The molecule has 1 aromatic rings. The molecule has 5 nitrogen and oxygen atoms in total. The Morgan fingerprint density at radius 2 is 2.33 bits per heavy atom. The number of aliphatic hydroxyl groups is 1. The maximum Gasteiger partial charge on any atom is 0.287 e. The van der Waals surface area contributed by atoms with Crippen LogP contribution in [0.2, 0.25) is 0 Å². The second-order valence-electron chi connectivity index (χ2n) is 6.43. The minimum atomic E-state index is -0.177. The summed E-state index contributed by atoms with van der Waals surface area (Å²) >= 11 is 0. The summed E-state index contributed by atoms with van der Waals surface area (Å²) in [5.41, 5.74) is 0.993. The van der Waals surface area contributed by atoms with Gasteiger partial charge < -0.3 is 20.2 Å². The molecule has 1 aliphatic carbocycles. The van der Waals surface area contributed by atoms with Gasteiger partial charge in [-0.15, -0.1) is 0 Å². The topological polar surface area (TPSA) is 74.5 Å². The standard InChI is InChI=1S/C16H24N2O3/c1-11-8-12(9-19)21-14(11)15(20)18-10-16-5-2-4-13(16)17-7-3-6-16/h8,13,17,19H,2-7,9-10H2,1H3,(H,18,20). The maximum absolute atomic E-state index is 12.3. The zero-order valence-electron chi connectivity index (χ0n) is 12.6. The molecule has 1 aliphatic heterocycles. The first kappa shape index (κ1) is 14.6. The second kappa shape index (κ2) is 5.81. The first-order valence-corrected chi connectivity index (χ1v) is 7.86. The van der Waals surface area contributed by atoms with E-state index < -0.39 is 0 Å². The molecule has 1 aromatic heterocycles. The molecule has 0 aromatic carbocycles. The number of aryl methyl sites for hydroxylation is 1. The molecule has 2 atom stereocenters. The Morgan fingerprint density at radius 1 is 1.52 bits per heavy atom. The van der Waals surface area contributed by atoms with Crippen molar-refractivity contribution >= 4 is 5.91 Å². The monoisotopic (exact) mass is 292 g/mol. The zero-order valence-corrected chi connectivity index (χ0v) is 12.6. The van der Waals surface area contributed by atoms with E-state index in [2.05, 4.69) is 10.6 Å². The normalized spacial score (nSPS) is 28.4. The highest BCUT2D eigenvalue weighted by molar-refractivity contribution is 5.92. The van der Waals surface area contributed by atoms with Gasteiger partial charge in [0.25, 0.3) is 5.91 Å². The number of carbonyl (C=O) groups excluding carboxylic acids is 1. The Bertz CT molecular complexity index is 526. The summed E-state index contributed by atoms with van der Waals surface area (Å²) in [5.74, 6) is 0.598. The van der Waals surface area contributed by atoms with Crippen molar-refractivity contribution < 1.29 is 14.3 Å². The summed E-state index contributed by atoms with van der Waals surface area (Å²) in [6.45, 7) is 3.45. The zero-order chi connectivity index (χ0) is 14.9. The number of piperidine rings is 1. The van der Waals surface area contributed by atoms with Crippen molar-refractivity contribution in [3.05, 3.63) is 23.2 Å². The lowest BCUT2D eigenvalue weighted by Gasteiger charge is -2.40. The van der Waals surface area contributed by atoms with Crippen LogP contribution in [0.15, 0.2) is 10.5 Å². The summed E-state index contributed by atoms with van der Waals surface area (Å²) in [4.78, 5) is 12.3. The Kier molecular flexibility index (Phi) is 4.04. The average molecular weight is 292 g/mol. The Balaban J connectivity index is 1.66. The molecule has 0 spiro atoms. The molecule has 116 valence electrons. The summed E-state index contributed by atoms with van der Waals surface area (Å²) in [5, 5.41) is 15.7. The molecule has 21 heavy (non-hydrogen) atoms. The largest absolute Gasteiger partial charge is 0.453 e. The summed E-state index contributed by atoms with van der Waals surface area (Å²) < 4.78 is 5.40. The van der Waals surface area contributed by atoms with Gasteiger partial charge in [0, 0.05) is 23.6 Å². The minimum absolute atomic E-state index is 0.169. The van der Waals surface area contributed by atoms with Gasteiger partial charge in [-0.25, -0.2) is 0 Å². The molecular weight excluding hydrogens is 268 g/mol. The Labute approximate surface area is 125 Å². The summed E-state index contributed by atoms with van der Waals surface area (Å²) in [6.07, 6.45) is 6.00. The van der Waals surface area contributed by atoms with E-state index in [4.69, 9.17) is 9.52 Å². The number of hydrogen-bond acceptors (Lipinski definition) is 4. The first-order chi connectivity index (χ1) is 10.1. The van der Waals surface area contributed by atoms with E-state index in [0.717, 1.165) is 12.1 Å². The second-order valence-corrected chi connectivity index (χ2v) is 6.43. The molecule has 0 radical (unpaired) electrons. The number of furan rings is 1. The van der Waals surface area contributed by atoms with E-state index in [-0.39, 0.29) is 17.9 Å². The maximum atomic E-state index is 12.3. The lowest BCUT2D eigenvalue weighted by atomic mass is 9.76. The number of rotatable bonds is 4. The van der Waals surface area contributed by atoms with E-state index in [1.165, 1.54) is 32.1 Å². The fraction of sp³-hybridized carbons (Fsp3) is 0.688. The molecule has 2 aliphatic rings. The molecule has 2 heterocycles. The smallest absolute Gasteiger partial charge is 0.287 e. The van der Waals surface area contributed by atoms with Crippen LogP contribution >= 0.6 is 0 Å². The van der Waals surface area contributed by atoms with Crippen LogP contribution in [-0.2, 0) is 6.61 Å². The van der Waals surface area contributed by atoms with Crippen LogP contribution in [0.25, 0.3) is 0 Å². The minimum Gasteiger partial charge on any atom is -0.453 e. The lowest BCUT2D eigenvalue weighted by molar-refractivity contribution is 0.0867. The number of nitrogens with one attached hydrogen (secondary N) is 2. The van der Waals surface area contributed by atoms with Gasteiger partial charge in [0.15, 0.2) is 5.76 Å². The van der Waals surface area contributed by atoms with Gasteiger partial charge in [-0.2, -0.15) is 0 Å². The van der Waals surface area contributed by atoms with Gasteiger partial charge in [-0.1, -0.05) is 6.42 Å². The van der Waals surface area contributed by atoms with Crippen LogP contribution in [-0.4, -0.2) is 30.1 Å². The first-order valence-electron chi connectivity index (χ1n) is 7.86. The van der Waals surface area contributed by atoms with Crippen LogP contribution in [0, 0.1) is 12.3 Å². The molecule has 1 saturated heterocycles. The van der Waals surface area contributed by atoms with Gasteiger partial charge in [-0.05, 0) is 45.2 Å². The third kappa shape index (κ3) is 2.72. The third-order valence-corrected chi connectivity index (χ3v) is 5.08. The van der Waals surface area contributed by atoms with Crippen LogP contribution in [0.1, 0.15) is 54.0 Å². The van der Waals surface area contributed by atoms with Crippen LogP contribution in [0.4, 0.5) is 0 Å². The van der Waals surface area contributed by atoms with E-state index in [0.29, 0.717) is 24.1 Å². The van der Waals surface area contributed by atoms with Crippen molar-refractivity contribution in [3.8, 4) is 0 Å².